The summed E-state index contributed by atoms with van der Waals surface area (Å²) in [5.74, 6) is -0.600. The van der Waals surface area contributed by atoms with Crippen LogP contribution in [0.5, 0.6) is 0 Å². The molecular weight excluding hydrogens is 307 g/mol. The third-order valence-corrected chi connectivity index (χ3v) is 8.36. The summed E-state index contributed by atoms with van der Waals surface area (Å²) in [6.45, 7) is 5.63. The topological polar surface area (TPSA) is 54.4 Å². The van der Waals surface area contributed by atoms with E-state index in [1.165, 1.54) is 0 Å². The molecule has 4 aliphatic rings. The Balaban J connectivity index is 1.84. The van der Waals surface area contributed by atoms with Gasteiger partial charge in [0.1, 0.15) is 0 Å². The molecule has 0 spiro atoms. The molecule has 1 N–H and O–H groups in total. The van der Waals surface area contributed by atoms with Crippen LogP contribution in [0.25, 0.3) is 0 Å². The molecule has 3 fully saturated rings. The molecule has 0 aromatic carbocycles. The Bertz CT molecular complexity index is 666. The summed E-state index contributed by atoms with van der Waals surface area (Å²) in [6, 6.07) is 0. The number of hydrogen-bond acceptors (Lipinski definition) is 3. The fourth-order valence-corrected chi connectivity index (χ4v) is 6.50. The Morgan fingerprint density at radius 1 is 1.08 bits per heavy atom. The molecule has 0 saturated heterocycles. The van der Waals surface area contributed by atoms with Gasteiger partial charge < -0.3 is 5.11 Å². The van der Waals surface area contributed by atoms with Crippen LogP contribution >= 0.6 is 0 Å². The van der Waals surface area contributed by atoms with Crippen LogP contribution < -0.4 is 0 Å². The number of halogens is 1. The third-order valence-electron chi connectivity index (χ3n) is 8.36. The zero-order valence-electron chi connectivity index (χ0n) is 14.8. The van der Waals surface area contributed by atoms with E-state index in [2.05, 4.69) is 0 Å². The molecule has 4 aliphatic carbocycles. The second kappa shape index (κ2) is 4.57. The van der Waals surface area contributed by atoms with Gasteiger partial charge in [-0.25, -0.2) is 4.39 Å². The van der Waals surface area contributed by atoms with Crippen molar-refractivity contribution in [3.05, 3.63) is 11.6 Å². The van der Waals surface area contributed by atoms with Crippen molar-refractivity contribution in [2.45, 2.75) is 77.0 Å². The highest BCUT2D eigenvalue weighted by molar-refractivity contribution is 5.95. The van der Waals surface area contributed by atoms with Gasteiger partial charge in [0.05, 0.1) is 5.60 Å². The highest BCUT2D eigenvalue weighted by Crippen LogP contribution is 2.68. The number of carbonyl (C=O) groups excluding carboxylic acids is 2. The Labute approximate surface area is 142 Å². The highest BCUT2D eigenvalue weighted by atomic mass is 19.1. The number of alkyl halides is 1. The van der Waals surface area contributed by atoms with Crippen molar-refractivity contribution in [2.75, 3.05) is 0 Å². The molecule has 0 aromatic heterocycles. The number of Topliss-reactive ketones (excluding diaryl/α,β-unsaturated/α-hetero) is 1. The van der Waals surface area contributed by atoms with Crippen molar-refractivity contribution >= 4 is 11.6 Å². The lowest BCUT2D eigenvalue weighted by molar-refractivity contribution is -0.184. The van der Waals surface area contributed by atoms with E-state index in [1.807, 2.05) is 13.8 Å². The van der Waals surface area contributed by atoms with Crippen LogP contribution in [0.1, 0.15) is 65.7 Å². The predicted octanol–water partition coefficient (Wildman–Crippen LogP) is 3.54. The van der Waals surface area contributed by atoms with Crippen molar-refractivity contribution in [1.29, 1.82) is 0 Å². The molecule has 0 radical (unpaired) electrons. The second-order valence-corrected chi connectivity index (χ2v) is 9.26. The maximum atomic E-state index is 16.5. The minimum atomic E-state index is -1.89. The van der Waals surface area contributed by atoms with Crippen LogP contribution in [0.15, 0.2) is 11.6 Å². The number of ketones is 2. The minimum Gasteiger partial charge on any atom is -0.390 e. The summed E-state index contributed by atoms with van der Waals surface area (Å²) < 4.78 is 16.5. The zero-order valence-corrected chi connectivity index (χ0v) is 14.8. The normalized spacial score (nSPS) is 54.0. The summed E-state index contributed by atoms with van der Waals surface area (Å²) in [5, 5.41) is 10.8. The smallest absolute Gasteiger partial charge is 0.180 e. The lowest BCUT2D eigenvalue weighted by Crippen LogP contribution is -2.66. The summed E-state index contributed by atoms with van der Waals surface area (Å²) in [7, 11) is 0. The maximum absolute atomic E-state index is 16.5. The van der Waals surface area contributed by atoms with Crippen molar-refractivity contribution in [3.63, 3.8) is 0 Å². The van der Waals surface area contributed by atoms with Gasteiger partial charge in [0.2, 0.25) is 0 Å². The Hall–Kier alpha value is -1.03. The van der Waals surface area contributed by atoms with Crippen LogP contribution in [-0.2, 0) is 9.59 Å². The minimum absolute atomic E-state index is 0.0335. The van der Waals surface area contributed by atoms with Gasteiger partial charge in [0.25, 0.3) is 0 Å². The standard InChI is InChI=1S/C20H27FO3/c1-17-8-6-13(22)10-12(17)4-5-15-14-7-9-19(3,24)18(14,2)11-16(23)20(15,17)21/h10,14-15,24H,4-9,11H2,1-3H3/t14-,15-,17-,18-,19+,20-/m0/s1. The van der Waals surface area contributed by atoms with E-state index >= 15 is 4.39 Å². The van der Waals surface area contributed by atoms with Crippen LogP contribution in [0.3, 0.4) is 0 Å². The highest BCUT2D eigenvalue weighted by Gasteiger charge is 2.72. The van der Waals surface area contributed by atoms with Crippen LogP contribution in [-0.4, -0.2) is 27.9 Å². The Morgan fingerprint density at radius 3 is 2.50 bits per heavy atom. The van der Waals surface area contributed by atoms with E-state index < -0.39 is 22.1 Å². The third kappa shape index (κ3) is 1.66. The summed E-state index contributed by atoms with van der Waals surface area (Å²) in [5.41, 5.74) is -3.35. The van der Waals surface area contributed by atoms with Crippen LogP contribution in [0.4, 0.5) is 4.39 Å². The monoisotopic (exact) mass is 334 g/mol. The molecule has 4 heteroatoms. The summed E-state index contributed by atoms with van der Waals surface area (Å²) in [6.07, 6.45) is 5.17. The van der Waals surface area contributed by atoms with Gasteiger partial charge >= 0.3 is 0 Å². The van der Waals surface area contributed by atoms with Gasteiger partial charge in [0, 0.05) is 29.6 Å². The maximum Gasteiger partial charge on any atom is 0.180 e. The average molecular weight is 334 g/mol. The number of aliphatic hydroxyl groups is 1. The molecule has 6 atom stereocenters. The molecule has 3 saturated carbocycles. The van der Waals surface area contributed by atoms with E-state index in [0.29, 0.717) is 32.1 Å². The second-order valence-electron chi connectivity index (χ2n) is 9.26. The first-order valence-electron chi connectivity index (χ1n) is 9.25. The van der Waals surface area contributed by atoms with E-state index in [4.69, 9.17) is 0 Å². The number of rotatable bonds is 0. The van der Waals surface area contributed by atoms with Crippen molar-refractivity contribution in [2.24, 2.45) is 22.7 Å². The molecule has 0 heterocycles. The van der Waals surface area contributed by atoms with Gasteiger partial charge in [-0.05, 0) is 51.0 Å². The quantitative estimate of drug-likeness (QED) is 0.737. The largest absolute Gasteiger partial charge is 0.390 e. The van der Waals surface area contributed by atoms with Crippen LogP contribution in [0, 0.1) is 22.7 Å². The molecule has 4 rings (SSSR count). The molecule has 3 nitrogen and oxygen atoms in total. The van der Waals surface area contributed by atoms with Gasteiger partial charge in [0.15, 0.2) is 17.2 Å². The van der Waals surface area contributed by atoms with Gasteiger partial charge in [-0.1, -0.05) is 19.4 Å². The van der Waals surface area contributed by atoms with Gasteiger partial charge in [-0.2, -0.15) is 0 Å². The average Bonchev–Trinajstić information content (AvgIpc) is 2.72. The van der Waals surface area contributed by atoms with Gasteiger partial charge in [-0.15, -0.1) is 0 Å². The van der Waals surface area contributed by atoms with E-state index in [1.54, 1.807) is 13.0 Å². The SMILES string of the molecule is C[C@]12CCC(=O)C=C1CC[C@H]1[C@@H]3CC[C@@](C)(O)[C@@]3(C)CC(=O)[C@@]12F. The molecule has 0 amide bonds. The first-order valence-corrected chi connectivity index (χ1v) is 9.25. The van der Waals surface area contributed by atoms with Crippen molar-refractivity contribution in [3.8, 4) is 0 Å². The summed E-state index contributed by atoms with van der Waals surface area (Å²) in [4.78, 5) is 24.9. The number of hydrogen-bond donors (Lipinski definition) is 1. The molecule has 0 aliphatic heterocycles. The number of carbonyl (C=O) groups is 2. The molecule has 24 heavy (non-hydrogen) atoms. The fraction of sp³-hybridized carbons (Fsp3) is 0.800. The lowest BCUT2D eigenvalue weighted by Gasteiger charge is -2.60. The predicted molar refractivity (Wildman–Crippen MR) is 88.1 cm³/mol. The Morgan fingerprint density at radius 2 is 1.79 bits per heavy atom. The van der Waals surface area contributed by atoms with Gasteiger partial charge in [-0.3, -0.25) is 9.59 Å². The van der Waals surface area contributed by atoms with Crippen molar-refractivity contribution < 1.29 is 19.1 Å². The molecule has 0 bridgehead atoms. The first kappa shape index (κ1) is 16.4. The Kier molecular flexibility index (Phi) is 3.13. The first-order chi connectivity index (χ1) is 11.1. The van der Waals surface area contributed by atoms with E-state index in [0.717, 1.165) is 12.0 Å². The van der Waals surface area contributed by atoms with E-state index in [9.17, 15) is 14.7 Å². The fourth-order valence-electron chi connectivity index (χ4n) is 6.50. The number of allylic oxidation sites excluding steroid dienone is 1. The summed E-state index contributed by atoms with van der Waals surface area (Å²) >= 11 is 0. The zero-order chi connectivity index (χ0) is 17.5. The lowest BCUT2D eigenvalue weighted by atomic mass is 9.44. The van der Waals surface area contributed by atoms with E-state index in [-0.39, 0.29) is 29.8 Å². The van der Waals surface area contributed by atoms with Crippen molar-refractivity contribution in [1.82, 2.24) is 0 Å². The van der Waals surface area contributed by atoms with Crippen LogP contribution in [0.2, 0.25) is 0 Å². The molecule has 0 aromatic rings. The number of fused-ring (bicyclic) bond motifs is 5. The molecule has 132 valence electrons. The molecule has 0 unspecified atom stereocenters. The molecular formula is C20H27FO3.